The van der Waals surface area contributed by atoms with Crippen LogP contribution in [0.25, 0.3) is 28.1 Å². The highest BCUT2D eigenvalue weighted by atomic mass is 35.5. The molecule has 0 radical (unpaired) electrons. The van der Waals surface area contributed by atoms with Crippen LogP contribution in [0.15, 0.2) is 42.5 Å². The molecular formula is C18H14ClN5O. The lowest BCUT2D eigenvalue weighted by Gasteiger charge is -2.09. The summed E-state index contributed by atoms with van der Waals surface area (Å²) in [6, 6.07) is 12.8. The Hall–Kier alpha value is -2.99. The summed E-state index contributed by atoms with van der Waals surface area (Å²) in [5.74, 6) is 0.452. The Morgan fingerprint density at radius 2 is 1.96 bits per heavy atom. The maximum atomic E-state index is 12.0. The third-order valence-electron chi connectivity index (χ3n) is 4.10. The Morgan fingerprint density at radius 1 is 1.16 bits per heavy atom. The van der Waals surface area contributed by atoms with Crippen molar-refractivity contribution in [1.29, 1.82) is 0 Å². The van der Waals surface area contributed by atoms with Gasteiger partial charge in [-0.15, -0.1) is 10.2 Å². The maximum absolute atomic E-state index is 12.0. The van der Waals surface area contributed by atoms with Crippen LogP contribution in [-0.2, 0) is 0 Å². The normalized spacial score (nSPS) is 11.2. The molecule has 0 aliphatic carbocycles. The lowest BCUT2D eigenvalue weighted by atomic mass is 10.1. The number of nitrogens with zero attached hydrogens (tertiary/aromatic N) is 4. The summed E-state index contributed by atoms with van der Waals surface area (Å²) in [6.45, 7) is 1.88. The van der Waals surface area contributed by atoms with Gasteiger partial charge in [0.15, 0.2) is 11.5 Å². The van der Waals surface area contributed by atoms with Gasteiger partial charge in [-0.25, -0.2) is 4.98 Å². The first-order valence-corrected chi connectivity index (χ1v) is 8.10. The Morgan fingerprint density at radius 3 is 2.72 bits per heavy atom. The van der Waals surface area contributed by atoms with Gasteiger partial charge >= 0.3 is 0 Å². The standard InChI is InChI=1S/C18H14ClN5O/c1-10-16-22-23-17(12-5-3-4-6-13(12)19)24(16)15-9-11(18(25)20-2)7-8-14(15)21-10/h3-9H,1-2H3,(H,20,25). The number of hydrogen-bond donors (Lipinski definition) is 1. The monoisotopic (exact) mass is 351 g/mol. The van der Waals surface area contributed by atoms with Gasteiger partial charge in [0.2, 0.25) is 0 Å². The summed E-state index contributed by atoms with van der Waals surface area (Å²) >= 11 is 6.35. The largest absolute Gasteiger partial charge is 0.355 e. The smallest absolute Gasteiger partial charge is 0.251 e. The summed E-state index contributed by atoms with van der Waals surface area (Å²) in [7, 11) is 1.60. The van der Waals surface area contributed by atoms with Crippen molar-refractivity contribution in [2.24, 2.45) is 0 Å². The highest BCUT2D eigenvalue weighted by molar-refractivity contribution is 6.33. The number of halogens is 1. The molecule has 124 valence electrons. The van der Waals surface area contributed by atoms with Crippen LogP contribution in [0.2, 0.25) is 5.02 Å². The minimum atomic E-state index is -0.164. The molecule has 0 saturated heterocycles. The van der Waals surface area contributed by atoms with Crippen molar-refractivity contribution in [3.8, 4) is 11.4 Å². The molecule has 0 spiro atoms. The number of aryl methyl sites for hydroxylation is 1. The molecule has 0 saturated carbocycles. The van der Waals surface area contributed by atoms with Gasteiger partial charge in [0, 0.05) is 18.2 Å². The summed E-state index contributed by atoms with van der Waals surface area (Å²) in [6.07, 6.45) is 0. The van der Waals surface area contributed by atoms with Crippen LogP contribution in [0.3, 0.4) is 0 Å². The Kier molecular flexibility index (Phi) is 3.62. The first-order chi connectivity index (χ1) is 12.1. The van der Waals surface area contributed by atoms with Gasteiger partial charge in [-0.1, -0.05) is 23.7 Å². The number of carbonyl (C=O) groups excluding carboxylic acids is 1. The maximum Gasteiger partial charge on any atom is 0.251 e. The molecule has 2 heterocycles. The summed E-state index contributed by atoms with van der Waals surface area (Å²) < 4.78 is 1.89. The predicted molar refractivity (Wildman–Crippen MR) is 96.9 cm³/mol. The zero-order valence-corrected chi connectivity index (χ0v) is 14.4. The summed E-state index contributed by atoms with van der Waals surface area (Å²) in [4.78, 5) is 16.6. The number of fused-ring (bicyclic) bond motifs is 3. The third kappa shape index (κ3) is 2.42. The van der Waals surface area contributed by atoms with E-state index in [1.54, 1.807) is 19.2 Å². The number of aromatic nitrogens is 4. The molecule has 2 aromatic heterocycles. The van der Waals surface area contributed by atoms with E-state index in [9.17, 15) is 4.79 Å². The van der Waals surface area contributed by atoms with Gasteiger partial charge in [0.05, 0.1) is 21.7 Å². The van der Waals surface area contributed by atoms with Crippen molar-refractivity contribution in [3.63, 3.8) is 0 Å². The molecule has 25 heavy (non-hydrogen) atoms. The van der Waals surface area contributed by atoms with Gasteiger partial charge in [-0.05, 0) is 37.3 Å². The second kappa shape index (κ2) is 5.82. The molecule has 0 unspecified atom stereocenters. The fraction of sp³-hybridized carbons (Fsp3) is 0.111. The molecule has 2 aromatic carbocycles. The number of amides is 1. The quantitative estimate of drug-likeness (QED) is 0.601. The van der Waals surface area contributed by atoms with Gasteiger partial charge in [-0.2, -0.15) is 0 Å². The highest BCUT2D eigenvalue weighted by Gasteiger charge is 2.17. The van der Waals surface area contributed by atoms with Gasteiger partial charge in [0.25, 0.3) is 5.91 Å². The zero-order chi connectivity index (χ0) is 17.6. The predicted octanol–water partition coefficient (Wildman–Crippen LogP) is 3.27. The average Bonchev–Trinajstić information content (AvgIpc) is 3.07. The fourth-order valence-corrected chi connectivity index (χ4v) is 3.10. The molecule has 1 amide bonds. The van der Waals surface area contributed by atoms with Crippen LogP contribution in [-0.4, -0.2) is 32.5 Å². The lowest BCUT2D eigenvalue weighted by molar-refractivity contribution is 0.0963. The molecule has 4 rings (SSSR count). The van der Waals surface area contributed by atoms with E-state index in [0.717, 1.165) is 22.3 Å². The third-order valence-corrected chi connectivity index (χ3v) is 4.42. The van der Waals surface area contributed by atoms with Crippen molar-refractivity contribution in [2.45, 2.75) is 6.92 Å². The topological polar surface area (TPSA) is 72.2 Å². The van der Waals surface area contributed by atoms with Crippen LogP contribution in [0.5, 0.6) is 0 Å². The fourth-order valence-electron chi connectivity index (χ4n) is 2.88. The van der Waals surface area contributed by atoms with Gasteiger partial charge in [-0.3, -0.25) is 9.20 Å². The van der Waals surface area contributed by atoms with E-state index in [2.05, 4.69) is 20.5 Å². The van der Waals surface area contributed by atoms with Gasteiger partial charge in [0.1, 0.15) is 0 Å². The van der Waals surface area contributed by atoms with Crippen LogP contribution < -0.4 is 5.32 Å². The number of nitrogens with one attached hydrogen (secondary N) is 1. The van der Waals surface area contributed by atoms with Crippen LogP contribution in [0.4, 0.5) is 0 Å². The van der Waals surface area contributed by atoms with Crippen molar-refractivity contribution in [2.75, 3.05) is 7.05 Å². The van der Waals surface area contributed by atoms with Crippen molar-refractivity contribution < 1.29 is 4.79 Å². The van der Waals surface area contributed by atoms with Crippen LogP contribution in [0, 0.1) is 6.92 Å². The Balaban J connectivity index is 2.12. The average molecular weight is 352 g/mol. The first kappa shape index (κ1) is 15.5. The summed E-state index contributed by atoms with van der Waals surface area (Å²) in [5, 5.41) is 11.8. The molecule has 6 nitrogen and oxygen atoms in total. The van der Waals surface area contributed by atoms with Gasteiger partial charge < -0.3 is 5.32 Å². The zero-order valence-electron chi connectivity index (χ0n) is 13.6. The van der Waals surface area contributed by atoms with E-state index in [0.29, 0.717) is 22.1 Å². The highest BCUT2D eigenvalue weighted by Crippen LogP contribution is 2.29. The lowest BCUT2D eigenvalue weighted by Crippen LogP contribution is -2.17. The Bertz CT molecular complexity index is 1140. The molecule has 0 fully saturated rings. The molecule has 1 N–H and O–H groups in total. The minimum absolute atomic E-state index is 0.164. The Labute approximate surface area is 148 Å². The molecule has 7 heteroatoms. The minimum Gasteiger partial charge on any atom is -0.355 e. The molecule has 0 bridgehead atoms. The van der Waals surface area contributed by atoms with E-state index < -0.39 is 0 Å². The second-order valence-electron chi connectivity index (χ2n) is 5.64. The van der Waals surface area contributed by atoms with Crippen molar-refractivity contribution in [3.05, 3.63) is 58.7 Å². The molecular weight excluding hydrogens is 338 g/mol. The van der Waals surface area contributed by atoms with Crippen molar-refractivity contribution >= 4 is 34.2 Å². The first-order valence-electron chi connectivity index (χ1n) is 7.72. The van der Waals surface area contributed by atoms with Crippen molar-refractivity contribution in [1.82, 2.24) is 24.9 Å². The molecule has 4 aromatic rings. The van der Waals surface area contributed by atoms with E-state index in [1.807, 2.05) is 41.7 Å². The second-order valence-corrected chi connectivity index (χ2v) is 6.05. The SMILES string of the molecule is CNC(=O)c1ccc2nc(C)c3nnc(-c4ccccc4Cl)n3c2c1. The molecule has 0 aliphatic heterocycles. The van der Waals surface area contributed by atoms with E-state index >= 15 is 0 Å². The molecule has 0 atom stereocenters. The number of carbonyl (C=O) groups is 1. The number of hydrogen-bond acceptors (Lipinski definition) is 4. The number of rotatable bonds is 2. The van der Waals surface area contributed by atoms with E-state index in [-0.39, 0.29) is 5.91 Å². The van der Waals surface area contributed by atoms with Crippen LogP contribution >= 0.6 is 11.6 Å². The molecule has 0 aliphatic rings. The van der Waals surface area contributed by atoms with E-state index in [4.69, 9.17) is 11.6 Å². The summed E-state index contributed by atoms with van der Waals surface area (Å²) in [5.41, 5.74) is 4.21. The van der Waals surface area contributed by atoms with Crippen LogP contribution in [0.1, 0.15) is 16.1 Å². The number of benzene rings is 2. The van der Waals surface area contributed by atoms with E-state index in [1.165, 1.54) is 0 Å².